The molecule has 1 aliphatic rings. The summed E-state index contributed by atoms with van der Waals surface area (Å²) in [6.45, 7) is -0.459. The van der Waals surface area contributed by atoms with Crippen molar-refractivity contribution in [3.63, 3.8) is 0 Å². The average molecular weight is 618 g/mol. The highest BCUT2D eigenvalue weighted by atomic mass is 32.2. The molecule has 2 aromatic rings. The van der Waals surface area contributed by atoms with Crippen molar-refractivity contribution in [1.82, 2.24) is 19.5 Å². The van der Waals surface area contributed by atoms with Gasteiger partial charge in [0.05, 0.1) is 6.61 Å². The fourth-order valence-electron chi connectivity index (χ4n) is 2.34. The second-order valence-corrected chi connectivity index (χ2v) is 9.99. The number of thioether (sulfide) groups is 1. The van der Waals surface area contributed by atoms with Crippen LogP contribution in [0.3, 0.4) is 0 Å². The van der Waals surface area contributed by atoms with Crippen LogP contribution in [0, 0.1) is 10.7 Å². The standard InChI is InChI=1S/C11H12N6O4S.3H3O4P/c12-2-22-11-16-5-8(13)14-3-15-9(5)17(11)10-7(20)6(19)4(1-18)21-10;3*1-5(2,3)4/h3-4,6-7,10,18-20H,1H2,(H2,13,14,15);3*(H3,1,2,3,4)/t4-,6-,7-,10-;;;/m1.../s1. The Bertz CT molecular complexity index is 1130. The van der Waals surface area contributed by atoms with Crippen LogP contribution in [0.15, 0.2) is 11.5 Å². The van der Waals surface area contributed by atoms with E-state index in [-0.39, 0.29) is 22.1 Å². The molecule has 37 heavy (non-hydrogen) atoms. The molecule has 0 unspecified atom stereocenters. The molecule has 22 nitrogen and oxygen atoms in total. The minimum Gasteiger partial charge on any atom is -0.394 e. The molecule has 0 bridgehead atoms. The number of hydrogen-bond donors (Lipinski definition) is 13. The van der Waals surface area contributed by atoms with Crippen molar-refractivity contribution in [3.05, 3.63) is 6.33 Å². The fourth-order valence-corrected chi connectivity index (χ4v) is 2.85. The number of aliphatic hydroxyl groups is 3. The minimum absolute atomic E-state index is 0.121. The first-order chi connectivity index (χ1) is 16.6. The Hall–Kier alpha value is -1.64. The quantitative estimate of drug-likeness (QED) is 0.0880. The van der Waals surface area contributed by atoms with Gasteiger partial charge in [-0.3, -0.25) is 4.57 Å². The van der Waals surface area contributed by atoms with Gasteiger partial charge in [-0.15, -0.1) is 0 Å². The molecule has 0 aliphatic carbocycles. The van der Waals surface area contributed by atoms with Crippen LogP contribution >= 0.6 is 35.2 Å². The van der Waals surface area contributed by atoms with Crippen LogP contribution in [-0.4, -0.2) is 104 Å². The number of imidazole rings is 1. The third-order valence-electron chi connectivity index (χ3n) is 3.38. The minimum atomic E-state index is -4.64. The number of phosphoric acid groups is 3. The number of anilines is 1. The summed E-state index contributed by atoms with van der Waals surface area (Å²) < 4.78 is 33.5. The fraction of sp³-hybridized carbons (Fsp3) is 0.455. The van der Waals surface area contributed by atoms with Gasteiger partial charge in [-0.1, -0.05) is 0 Å². The summed E-state index contributed by atoms with van der Waals surface area (Å²) in [6.07, 6.45) is -3.37. The number of aromatic nitrogens is 4. The molecule has 1 fully saturated rings. The third kappa shape index (κ3) is 14.8. The Morgan fingerprint density at radius 1 is 0.973 bits per heavy atom. The average Bonchev–Trinajstić information content (AvgIpc) is 3.17. The van der Waals surface area contributed by atoms with Crippen molar-refractivity contribution in [2.75, 3.05) is 12.3 Å². The molecule has 3 rings (SSSR count). The zero-order chi connectivity index (χ0) is 29.4. The van der Waals surface area contributed by atoms with Crippen LogP contribution in [0.5, 0.6) is 0 Å². The second kappa shape index (κ2) is 14.5. The van der Waals surface area contributed by atoms with Crippen molar-refractivity contribution >= 4 is 52.2 Å². The van der Waals surface area contributed by atoms with Gasteiger partial charge in [0, 0.05) is 11.8 Å². The highest BCUT2D eigenvalue weighted by molar-refractivity contribution is 8.03. The SMILES string of the molecule is N#CSc1nc2c(N)ncnc2n1[C@@H]1O[C@H](CO)[C@@H](O)[C@H]1O.O=P(O)(O)O.O=P(O)(O)O.O=P(O)(O)O. The van der Waals surface area contributed by atoms with Gasteiger partial charge >= 0.3 is 23.5 Å². The largest absolute Gasteiger partial charge is 0.466 e. The topological polar surface area (TPSA) is 397 Å². The number of nitriles is 1. The van der Waals surface area contributed by atoms with Gasteiger partial charge in [0.25, 0.3) is 0 Å². The molecular formula is C11H21N6O16P3S. The van der Waals surface area contributed by atoms with Crippen LogP contribution in [0.2, 0.25) is 0 Å². The zero-order valence-electron chi connectivity index (χ0n) is 17.7. The molecule has 0 radical (unpaired) electrons. The van der Waals surface area contributed by atoms with Gasteiger partial charge in [-0.25, -0.2) is 28.6 Å². The van der Waals surface area contributed by atoms with Gasteiger partial charge < -0.3 is 69.8 Å². The van der Waals surface area contributed by atoms with E-state index in [1.54, 1.807) is 0 Å². The summed E-state index contributed by atoms with van der Waals surface area (Å²) >= 11 is 0.734. The summed E-state index contributed by atoms with van der Waals surface area (Å²) in [5, 5.41) is 40.2. The van der Waals surface area contributed by atoms with Crippen molar-refractivity contribution in [3.8, 4) is 5.40 Å². The van der Waals surface area contributed by atoms with Crippen LogP contribution in [-0.2, 0) is 18.4 Å². The van der Waals surface area contributed by atoms with E-state index in [9.17, 15) is 15.3 Å². The van der Waals surface area contributed by atoms with E-state index in [0.29, 0.717) is 0 Å². The van der Waals surface area contributed by atoms with E-state index < -0.39 is 54.6 Å². The molecule has 0 spiro atoms. The van der Waals surface area contributed by atoms with E-state index in [0.717, 1.165) is 11.8 Å². The zero-order valence-corrected chi connectivity index (χ0v) is 21.2. The lowest BCUT2D eigenvalue weighted by molar-refractivity contribution is -0.0548. The maximum Gasteiger partial charge on any atom is 0.466 e. The predicted molar refractivity (Wildman–Crippen MR) is 117 cm³/mol. The molecule has 1 aliphatic heterocycles. The van der Waals surface area contributed by atoms with E-state index >= 15 is 0 Å². The summed E-state index contributed by atoms with van der Waals surface area (Å²) in [5.41, 5.74) is 6.26. The van der Waals surface area contributed by atoms with Gasteiger partial charge in [-0.2, -0.15) is 5.26 Å². The van der Waals surface area contributed by atoms with E-state index in [1.165, 1.54) is 10.9 Å². The van der Waals surface area contributed by atoms with Crippen LogP contribution < -0.4 is 5.73 Å². The summed E-state index contributed by atoms with van der Waals surface area (Å²) in [4.78, 5) is 76.7. The van der Waals surface area contributed by atoms with Crippen molar-refractivity contribution in [2.45, 2.75) is 29.7 Å². The number of hydrogen-bond acceptors (Lipinski definition) is 13. The molecule has 0 saturated carbocycles. The molecule has 4 atom stereocenters. The highest BCUT2D eigenvalue weighted by Crippen LogP contribution is 2.36. The van der Waals surface area contributed by atoms with Gasteiger partial charge in [0.1, 0.15) is 30.0 Å². The van der Waals surface area contributed by atoms with Crippen LogP contribution in [0.4, 0.5) is 5.82 Å². The third-order valence-corrected chi connectivity index (χ3v) is 3.94. The number of nitrogens with zero attached hydrogens (tertiary/aromatic N) is 5. The summed E-state index contributed by atoms with van der Waals surface area (Å²) in [5.74, 6) is 0.121. The van der Waals surface area contributed by atoms with Gasteiger partial charge in [0.2, 0.25) is 0 Å². The molecule has 0 amide bonds. The lowest BCUT2D eigenvalue weighted by Crippen LogP contribution is -2.33. The number of fused-ring (bicyclic) bond motifs is 1. The van der Waals surface area contributed by atoms with E-state index in [1.807, 2.05) is 5.40 Å². The lowest BCUT2D eigenvalue weighted by Gasteiger charge is -2.18. The number of thiocyanates is 1. The number of ether oxygens (including phenoxy) is 1. The van der Waals surface area contributed by atoms with Gasteiger partial charge in [0.15, 0.2) is 28.4 Å². The molecule has 3 heterocycles. The van der Waals surface area contributed by atoms with Crippen LogP contribution in [0.1, 0.15) is 6.23 Å². The molecule has 1 saturated heterocycles. The maximum absolute atomic E-state index is 10.2. The Labute approximate surface area is 209 Å². The number of nitrogen functional groups attached to an aromatic ring is 1. The first-order valence-corrected chi connectivity index (χ1v) is 14.1. The van der Waals surface area contributed by atoms with E-state index in [4.69, 9.17) is 73.5 Å². The number of nitrogens with two attached hydrogens (primary N) is 1. The first-order valence-electron chi connectivity index (χ1n) is 8.60. The normalized spacial score (nSPS) is 21.5. The summed E-state index contributed by atoms with van der Waals surface area (Å²) in [7, 11) is -13.9. The highest BCUT2D eigenvalue weighted by Gasteiger charge is 2.45. The Morgan fingerprint density at radius 3 is 1.81 bits per heavy atom. The smallest absolute Gasteiger partial charge is 0.394 e. The molecule has 26 heteroatoms. The number of aliphatic hydroxyl groups excluding tert-OH is 3. The maximum atomic E-state index is 10.2. The summed E-state index contributed by atoms with van der Waals surface area (Å²) in [6, 6.07) is 0. The van der Waals surface area contributed by atoms with Gasteiger partial charge in [-0.05, 0) is 0 Å². The molecule has 14 N–H and O–H groups in total. The number of rotatable bonds is 3. The monoisotopic (exact) mass is 618 g/mol. The molecule has 0 aromatic carbocycles. The predicted octanol–water partition coefficient (Wildman–Crippen LogP) is -4.19. The molecular weight excluding hydrogens is 597 g/mol. The van der Waals surface area contributed by atoms with Crippen molar-refractivity contribution < 1.29 is 77.8 Å². The molecule has 2 aromatic heterocycles. The second-order valence-electron chi connectivity index (χ2n) is 6.16. The molecule has 212 valence electrons. The van der Waals surface area contributed by atoms with Crippen molar-refractivity contribution in [1.29, 1.82) is 5.26 Å². The van der Waals surface area contributed by atoms with Crippen molar-refractivity contribution in [2.24, 2.45) is 0 Å². The van der Waals surface area contributed by atoms with E-state index in [2.05, 4.69) is 15.0 Å². The Kier molecular flexibility index (Phi) is 13.9. The first kappa shape index (κ1) is 35.4. The Morgan fingerprint density at radius 2 is 1.43 bits per heavy atom. The van der Waals surface area contributed by atoms with Crippen LogP contribution in [0.25, 0.3) is 11.2 Å². The lowest BCUT2D eigenvalue weighted by atomic mass is 10.1. The Balaban J connectivity index is 0.000000711.